The van der Waals surface area contributed by atoms with E-state index in [-0.39, 0.29) is 5.91 Å². The highest BCUT2D eigenvalue weighted by atomic mass is 32.2. The number of aromatic nitrogens is 2. The van der Waals surface area contributed by atoms with Gasteiger partial charge in [-0.15, -0.1) is 0 Å². The molecule has 1 aromatic rings. The fraction of sp³-hybridized carbons (Fsp3) is 0.583. The van der Waals surface area contributed by atoms with Crippen molar-refractivity contribution < 1.29 is 4.79 Å². The van der Waals surface area contributed by atoms with Crippen LogP contribution in [0.3, 0.4) is 0 Å². The zero-order valence-corrected chi connectivity index (χ0v) is 12.4. The van der Waals surface area contributed by atoms with Crippen LogP contribution in [-0.2, 0) is 4.79 Å². The van der Waals surface area contributed by atoms with Crippen molar-refractivity contribution in [1.29, 1.82) is 0 Å². The molecule has 6 nitrogen and oxygen atoms in total. The van der Waals surface area contributed by atoms with E-state index < -0.39 is 0 Å². The monoisotopic (exact) mass is 283 g/mol. The number of carbonyl (C=O) groups is 1. The first kappa shape index (κ1) is 15.6. The van der Waals surface area contributed by atoms with Crippen molar-refractivity contribution in [3.63, 3.8) is 0 Å². The van der Waals surface area contributed by atoms with Crippen LogP contribution in [0, 0.1) is 0 Å². The average Bonchev–Trinajstić information content (AvgIpc) is 2.44. The highest BCUT2D eigenvalue weighted by molar-refractivity contribution is 7.98. The Labute approximate surface area is 118 Å². The molecule has 19 heavy (non-hydrogen) atoms. The molecular weight excluding hydrogens is 262 g/mol. The van der Waals surface area contributed by atoms with Crippen LogP contribution in [0.4, 0.5) is 11.6 Å². The molecular formula is C12H21N5OS. The Morgan fingerprint density at radius 2 is 2.05 bits per heavy atom. The molecule has 106 valence electrons. The number of nitrogens with zero attached hydrogens (tertiary/aromatic N) is 2. The molecule has 0 radical (unpaired) electrons. The molecule has 0 unspecified atom stereocenters. The van der Waals surface area contributed by atoms with Crippen LogP contribution in [0.25, 0.3) is 0 Å². The highest BCUT2D eigenvalue weighted by Crippen LogP contribution is 2.16. The van der Waals surface area contributed by atoms with Crippen molar-refractivity contribution in [2.24, 2.45) is 0 Å². The Kier molecular flexibility index (Phi) is 7.02. The van der Waals surface area contributed by atoms with E-state index in [1.165, 1.54) is 11.8 Å². The summed E-state index contributed by atoms with van der Waals surface area (Å²) in [5.74, 6) is 1.55. The summed E-state index contributed by atoms with van der Waals surface area (Å²) in [4.78, 5) is 20.0. The molecule has 0 bridgehead atoms. The van der Waals surface area contributed by atoms with Crippen LogP contribution in [0.1, 0.15) is 19.8 Å². The summed E-state index contributed by atoms with van der Waals surface area (Å²) in [6, 6.07) is 1.82. The summed E-state index contributed by atoms with van der Waals surface area (Å²) in [6.45, 7) is 3.32. The molecule has 3 N–H and O–H groups in total. The van der Waals surface area contributed by atoms with Crippen LogP contribution >= 0.6 is 11.8 Å². The third kappa shape index (κ3) is 5.78. The lowest BCUT2D eigenvalue weighted by atomic mass is 10.3. The van der Waals surface area contributed by atoms with Crippen LogP contribution in [0.15, 0.2) is 11.2 Å². The van der Waals surface area contributed by atoms with Crippen molar-refractivity contribution >= 4 is 29.3 Å². The molecule has 1 rings (SSSR count). The van der Waals surface area contributed by atoms with Crippen molar-refractivity contribution in [3.05, 3.63) is 6.07 Å². The lowest BCUT2D eigenvalue weighted by Gasteiger charge is -2.09. The summed E-state index contributed by atoms with van der Waals surface area (Å²) in [7, 11) is 1.81. The van der Waals surface area contributed by atoms with Crippen molar-refractivity contribution in [1.82, 2.24) is 15.3 Å². The van der Waals surface area contributed by atoms with Gasteiger partial charge < -0.3 is 16.0 Å². The molecule has 0 aliphatic heterocycles. The van der Waals surface area contributed by atoms with Crippen molar-refractivity contribution in [3.8, 4) is 0 Å². The number of rotatable bonds is 8. The zero-order valence-electron chi connectivity index (χ0n) is 11.6. The fourth-order valence-corrected chi connectivity index (χ4v) is 1.77. The van der Waals surface area contributed by atoms with Crippen LogP contribution < -0.4 is 16.0 Å². The zero-order chi connectivity index (χ0) is 14.1. The summed E-state index contributed by atoms with van der Waals surface area (Å²) in [5.41, 5.74) is 0. The molecule has 0 aliphatic carbocycles. The van der Waals surface area contributed by atoms with Gasteiger partial charge in [0.05, 0.1) is 0 Å². The summed E-state index contributed by atoms with van der Waals surface area (Å²) < 4.78 is 0. The number of anilines is 2. The molecule has 0 atom stereocenters. The summed E-state index contributed by atoms with van der Waals surface area (Å²) in [6.07, 6.45) is 3.32. The Morgan fingerprint density at radius 3 is 2.68 bits per heavy atom. The van der Waals surface area contributed by atoms with Gasteiger partial charge in [-0.3, -0.25) is 4.79 Å². The van der Waals surface area contributed by atoms with Crippen LogP contribution in [0.2, 0.25) is 0 Å². The lowest BCUT2D eigenvalue weighted by molar-refractivity contribution is -0.120. The quantitative estimate of drug-likeness (QED) is 0.496. The van der Waals surface area contributed by atoms with E-state index in [9.17, 15) is 4.79 Å². The maximum atomic E-state index is 11.4. The van der Waals surface area contributed by atoms with Gasteiger partial charge in [-0.05, 0) is 12.7 Å². The third-order valence-electron chi connectivity index (χ3n) is 2.37. The molecule has 0 spiro atoms. The molecule has 1 aromatic heterocycles. The number of hydrogen-bond acceptors (Lipinski definition) is 6. The van der Waals surface area contributed by atoms with Gasteiger partial charge in [0.25, 0.3) is 0 Å². The molecule has 7 heteroatoms. The third-order valence-corrected chi connectivity index (χ3v) is 2.92. The van der Waals surface area contributed by atoms with Gasteiger partial charge in [0, 0.05) is 32.6 Å². The summed E-state index contributed by atoms with van der Waals surface area (Å²) in [5, 5.41) is 9.66. The molecule has 0 saturated carbocycles. The smallest absolute Gasteiger partial charge is 0.221 e. The normalized spacial score (nSPS) is 10.1. The van der Waals surface area contributed by atoms with E-state index in [2.05, 4.69) is 25.9 Å². The van der Waals surface area contributed by atoms with E-state index in [1.807, 2.05) is 26.3 Å². The second-order valence-corrected chi connectivity index (χ2v) is 4.68. The van der Waals surface area contributed by atoms with Gasteiger partial charge in [-0.1, -0.05) is 18.7 Å². The minimum atomic E-state index is 0.0577. The topological polar surface area (TPSA) is 78.9 Å². The number of nitrogens with one attached hydrogen (secondary N) is 3. The maximum Gasteiger partial charge on any atom is 0.221 e. The largest absolute Gasteiger partial charge is 0.373 e. The first-order valence-corrected chi connectivity index (χ1v) is 7.53. The molecule has 1 amide bonds. The number of hydrogen-bond donors (Lipinski definition) is 3. The Balaban J connectivity index is 2.46. The highest BCUT2D eigenvalue weighted by Gasteiger charge is 2.04. The second kappa shape index (κ2) is 8.58. The van der Waals surface area contributed by atoms with E-state index in [0.29, 0.717) is 18.1 Å². The SMILES string of the molecule is CCCNC(=O)CCNc1cc(NC)nc(SC)n1. The average molecular weight is 283 g/mol. The van der Waals surface area contributed by atoms with Gasteiger partial charge in [-0.2, -0.15) is 0 Å². The maximum absolute atomic E-state index is 11.4. The fourth-order valence-electron chi connectivity index (χ4n) is 1.39. The van der Waals surface area contributed by atoms with E-state index >= 15 is 0 Å². The van der Waals surface area contributed by atoms with Gasteiger partial charge in [0.15, 0.2) is 5.16 Å². The molecule has 1 heterocycles. The van der Waals surface area contributed by atoms with Crippen LogP contribution in [-0.4, -0.2) is 42.3 Å². The van der Waals surface area contributed by atoms with Crippen molar-refractivity contribution in [2.75, 3.05) is 37.0 Å². The minimum Gasteiger partial charge on any atom is -0.373 e. The lowest BCUT2D eigenvalue weighted by Crippen LogP contribution is -2.26. The minimum absolute atomic E-state index is 0.0577. The van der Waals surface area contributed by atoms with E-state index in [0.717, 1.165) is 24.6 Å². The first-order chi connectivity index (χ1) is 9.19. The predicted molar refractivity (Wildman–Crippen MR) is 79.8 cm³/mol. The van der Waals surface area contributed by atoms with Crippen LogP contribution in [0.5, 0.6) is 0 Å². The van der Waals surface area contributed by atoms with Crippen molar-refractivity contribution in [2.45, 2.75) is 24.9 Å². The van der Waals surface area contributed by atoms with Gasteiger partial charge in [-0.25, -0.2) is 9.97 Å². The molecule has 0 aromatic carbocycles. The first-order valence-electron chi connectivity index (χ1n) is 6.31. The predicted octanol–water partition coefficient (Wildman–Crippen LogP) is 1.57. The van der Waals surface area contributed by atoms with E-state index in [1.54, 1.807) is 0 Å². The number of thioether (sulfide) groups is 1. The van der Waals surface area contributed by atoms with E-state index in [4.69, 9.17) is 0 Å². The Hall–Kier alpha value is -1.50. The molecule has 0 fully saturated rings. The number of amides is 1. The Morgan fingerprint density at radius 1 is 1.32 bits per heavy atom. The Bertz CT molecular complexity index is 391. The second-order valence-electron chi connectivity index (χ2n) is 3.90. The number of carbonyl (C=O) groups excluding carboxylic acids is 1. The molecule has 0 saturated heterocycles. The summed E-state index contributed by atoms with van der Waals surface area (Å²) >= 11 is 1.48. The molecule has 0 aliphatic rings. The van der Waals surface area contributed by atoms with Gasteiger partial charge in [0.1, 0.15) is 11.6 Å². The van der Waals surface area contributed by atoms with Gasteiger partial charge in [0.2, 0.25) is 5.91 Å². The standard InChI is InChI=1S/C12H21N5OS/c1-4-6-15-11(18)5-7-14-10-8-9(13-2)16-12(17-10)19-3/h8H,4-7H2,1-3H3,(H,15,18)(H2,13,14,16,17). The van der Waals surface area contributed by atoms with Gasteiger partial charge >= 0.3 is 0 Å².